The van der Waals surface area contributed by atoms with Crippen molar-refractivity contribution in [3.05, 3.63) is 12.2 Å². The van der Waals surface area contributed by atoms with E-state index in [-0.39, 0.29) is 40.2 Å². The molecule has 0 radical (unpaired) electrons. The van der Waals surface area contributed by atoms with Gasteiger partial charge in [0.05, 0.1) is 0 Å². The molecular formula is C24H34O3. The molecule has 0 heterocycles. The van der Waals surface area contributed by atoms with Gasteiger partial charge in [-0.25, -0.2) is 0 Å². The Hall–Kier alpha value is -1.25. The van der Waals surface area contributed by atoms with Gasteiger partial charge >= 0.3 is 0 Å². The number of allylic oxidation sites excluding steroid dienone is 2. The minimum atomic E-state index is -0.562. The van der Waals surface area contributed by atoms with Gasteiger partial charge in [-0.05, 0) is 73.7 Å². The molecule has 0 aromatic carbocycles. The van der Waals surface area contributed by atoms with Gasteiger partial charge in [-0.3, -0.25) is 14.4 Å². The van der Waals surface area contributed by atoms with Crippen molar-refractivity contribution in [3.8, 4) is 0 Å². The van der Waals surface area contributed by atoms with Gasteiger partial charge in [0.15, 0.2) is 0 Å². The van der Waals surface area contributed by atoms with E-state index in [1.165, 1.54) is 6.08 Å². The van der Waals surface area contributed by atoms with E-state index in [4.69, 9.17) is 0 Å². The first kappa shape index (κ1) is 19.1. The lowest BCUT2D eigenvalue weighted by atomic mass is 9.45. The maximum atomic E-state index is 13.3. The molecule has 0 bridgehead atoms. The molecule has 3 saturated carbocycles. The fraction of sp³-hybridized carbons (Fsp3) is 0.792. The number of carbonyl (C=O) groups is 3. The average Bonchev–Trinajstić information content (AvgIpc) is 2.95. The molecule has 0 aromatic rings. The molecular weight excluding hydrogens is 336 g/mol. The third-order valence-corrected chi connectivity index (χ3v) is 8.89. The number of rotatable bonds is 1. The summed E-state index contributed by atoms with van der Waals surface area (Å²) >= 11 is 0. The average molecular weight is 371 g/mol. The second-order valence-corrected chi connectivity index (χ2v) is 11.3. The Balaban J connectivity index is 1.73. The zero-order chi connectivity index (χ0) is 19.8. The van der Waals surface area contributed by atoms with Crippen molar-refractivity contribution < 1.29 is 14.4 Å². The van der Waals surface area contributed by atoms with Crippen LogP contribution in [0.2, 0.25) is 0 Å². The van der Waals surface area contributed by atoms with Crippen LogP contribution in [0.3, 0.4) is 0 Å². The predicted octanol–water partition coefficient (Wildman–Crippen LogP) is 4.78. The van der Waals surface area contributed by atoms with Crippen LogP contribution in [0.5, 0.6) is 0 Å². The quantitative estimate of drug-likeness (QED) is 0.624. The summed E-state index contributed by atoms with van der Waals surface area (Å²) in [6, 6.07) is 0. The third-order valence-electron chi connectivity index (χ3n) is 8.89. The highest BCUT2D eigenvalue weighted by atomic mass is 16.2. The first-order valence-corrected chi connectivity index (χ1v) is 10.8. The molecule has 7 atom stereocenters. The van der Waals surface area contributed by atoms with E-state index in [1.807, 2.05) is 26.8 Å². The fourth-order valence-corrected chi connectivity index (χ4v) is 7.47. The van der Waals surface area contributed by atoms with E-state index >= 15 is 0 Å². The smallest absolute Gasteiger partial charge is 0.221 e. The lowest BCUT2D eigenvalue weighted by Crippen LogP contribution is -2.57. The Kier molecular flexibility index (Phi) is 4.15. The second-order valence-electron chi connectivity index (χ2n) is 11.3. The standard InChI is InChI=1S/C24H34O3/c1-22(2,3)20(26)16-10-12-23(4)13-11-17-15(19(16)23)8-6-14-7-9-18(25)21(27)24(14,17)5/h7,9,14-17,19H,6,8,10-13H2,1-5H3/t14?,15-,16?,17+,19-,23+,24+/m1/s1. The molecule has 4 rings (SSSR count). The van der Waals surface area contributed by atoms with E-state index in [0.717, 1.165) is 38.5 Å². The Bertz CT molecular complexity index is 726. The van der Waals surface area contributed by atoms with Gasteiger partial charge in [0.25, 0.3) is 0 Å². The van der Waals surface area contributed by atoms with Gasteiger partial charge < -0.3 is 0 Å². The highest BCUT2D eigenvalue weighted by molar-refractivity contribution is 6.44. The van der Waals surface area contributed by atoms with Crippen LogP contribution in [-0.4, -0.2) is 17.3 Å². The summed E-state index contributed by atoms with van der Waals surface area (Å²) in [6.45, 7) is 10.6. The summed E-state index contributed by atoms with van der Waals surface area (Å²) in [5, 5.41) is 0. The van der Waals surface area contributed by atoms with Crippen molar-refractivity contribution in [2.45, 2.75) is 73.1 Å². The third kappa shape index (κ3) is 2.56. The minimum Gasteiger partial charge on any atom is -0.299 e. The molecule has 2 unspecified atom stereocenters. The highest BCUT2D eigenvalue weighted by Crippen LogP contribution is 2.66. The maximum absolute atomic E-state index is 13.3. The number of hydrogen-bond donors (Lipinski definition) is 0. The van der Waals surface area contributed by atoms with Crippen LogP contribution < -0.4 is 0 Å². The van der Waals surface area contributed by atoms with Gasteiger partial charge in [0, 0.05) is 16.7 Å². The molecule has 4 aliphatic carbocycles. The lowest BCUT2D eigenvalue weighted by Gasteiger charge is -2.58. The van der Waals surface area contributed by atoms with Crippen molar-refractivity contribution in [3.63, 3.8) is 0 Å². The number of carbonyl (C=O) groups excluding carboxylic acids is 3. The SMILES string of the molecule is CC(C)(C)C(=O)C1CC[C@@]2(C)CC[C@H]3[C@@H](CCC4C=CC(=O)C(=O)[C@@]43C)[C@H]12. The minimum absolute atomic E-state index is 0.118. The zero-order valence-corrected chi connectivity index (χ0v) is 17.5. The Morgan fingerprint density at radius 3 is 2.37 bits per heavy atom. The molecule has 0 aliphatic heterocycles. The Morgan fingerprint density at radius 1 is 1.04 bits per heavy atom. The van der Waals surface area contributed by atoms with E-state index in [9.17, 15) is 14.4 Å². The summed E-state index contributed by atoms with van der Waals surface area (Å²) in [7, 11) is 0. The number of fused-ring (bicyclic) bond motifs is 5. The van der Waals surface area contributed by atoms with Gasteiger partial charge in [-0.15, -0.1) is 0 Å². The van der Waals surface area contributed by atoms with Crippen molar-refractivity contribution in [2.75, 3.05) is 0 Å². The number of ketones is 3. The molecule has 0 spiro atoms. The van der Waals surface area contributed by atoms with Gasteiger partial charge in [-0.2, -0.15) is 0 Å². The van der Waals surface area contributed by atoms with Gasteiger partial charge in [0.1, 0.15) is 5.78 Å². The maximum Gasteiger partial charge on any atom is 0.221 e. The Morgan fingerprint density at radius 2 is 1.70 bits per heavy atom. The summed E-state index contributed by atoms with van der Waals surface area (Å²) < 4.78 is 0. The summed E-state index contributed by atoms with van der Waals surface area (Å²) in [6.07, 6.45) is 9.78. The van der Waals surface area contributed by atoms with E-state index in [0.29, 0.717) is 17.6 Å². The highest BCUT2D eigenvalue weighted by Gasteiger charge is 2.63. The van der Waals surface area contributed by atoms with E-state index < -0.39 is 5.41 Å². The molecule has 148 valence electrons. The number of hydrogen-bond acceptors (Lipinski definition) is 3. The van der Waals surface area contributed by atoms with Crippen molar-refractivity contribution in [2.24, 2.45) is 45.8 Å². The van der Waals surface area contributed by atoms with Crippen molar-refractivity contribution in [1.82, 2.24) is 0 Å². The van der Waals surface area contributed by atoms with E-state index in [1.54, 1.807) is 0 Å². The monoisotopic (exact) mass is 370 g/mol. The molecule has 0 N–H and O–H groups in total. The normalized spacial score (nSPS) is 46.6. The largest absolute Gasteiger partial charge is 0.299 e. The van der Waals surface area contributed by atoms with Crippen LogP contribution in [0.1, 0.15) is 73.1 Å². The molecule has 0 aromatic heterocycles. The van der Waals surface area contributed by atoms with Crippen LogP contribution in [0, 0.1) is 45.8 Å². The summed E-state index contributed by atoms with van der Waals surface area (Å²) in [5.74, 6) is 1.21. The summed E-state index contributed by atoms with van der Waals surface area (Å²) in [4.78, 5) is 38.5. The fourth-order valence-electron chi connectivity index (χ4n) is 7.47. The second kappa shape index (κ2) is 5.87. The summed E-state index contributed by atoms with van der Waals surface area (Å²) in [5.41, 5.74) is -0.662. The van der Waals surface area contributed by atoms with Crippen molar-refractivity contribution >= 4 is 17.3 Å². The lowest BCUT2D eigenvalue weighted by molar-refractivity contribution is -0.157. The van der Waals surface area contributed by atoms with Crippen LogP contribution >= 0.6 is 0 Å². The van der Waals surface area contributed by atoms with Crippen LogP contribution in [0.25, 0.3) is 0 Å². The molecule has 3 nitrogen and oxygen atoms in total. The van der Waals surface area contributed by atoms with Crippen LogP contribution in [0.15, 0.2) is 12.2 Å². The first-order valence-electron chi connectivity index (χ1n) is 10.8. The molecule has 0 amide bonds. The number of Topliss-reactive ketones (excluding diaryl/α,β-unsaturated/α-hetero) is 2. The topological polar surface area (TPSA) is 51.2 Å². The molecule has 27 heavy (non-hydrogen) atoms. The van der Waals surface area contributed by atoms with Crippen molar-refractivity contribution in [1.29, 1.82) is 0 Å². The molecule has 3 fully saturated rings. The van der Waals surface area contributed by atoms with Gasteiger partial charge in [0.2, 0.25) is 11.6 Å². The predicted molar refractivity (Wildman–Crippen MR) is 105 cm³/mol. The zero-order valence-electron chi connectivity index (χ0n) is 17.5. The first-order chi connectivity index (χ1) is 12.5. The van der Waals surface area contributed by atoms with Crippen LogP contribution in [-0.2, 0) is 14.4 Å². The van der Waals surface area contributed by atoms with Crippen LogP contribution in [0.4, 0.5) is 0 Å². The molecule has 4 aliphatic rings. The van der Waals surface area contributed by atoms with E-state index in [2.05, 4.69) is 13.8 Å². The molecule has 0 saturated heterocycles. The Labute approximate surface area is 163 Å². The van der Waals surface area contributed by atoms with Gasteiger partial charge in [-0.1, -0.05) is 40.7 Å². The molecule has 3 heteroatoms.